The molecule has 0 aromatic heterocycles. The third kappa shape index (κ3) is 18.3. The van der Waals surface area contributed by atoms with Crippen LogP contribution in [0.3, 0.4) is 0 Å². The molecule has 0 radical (unpaired) electrons. The van der Waals surface area contributed by atoms with Gasteiger partial charge in [0.05, 0.1) is 49.5 Å². The van der Waals surface area contributed by atoms with Gasteiger partial charge in [-0.05, 0) is 108 Å². The summed E-state index contributed by atoms with van der Waals surface area (Å²) in [5.41, 5.74) is 1.62. The smallest absolute Gasteiger partial charge is 0.343 e. The fourth-order valence-corrected chi connectivity index (χ4v) is 6.95. The van der Waals surface area contributed by atoms with E-state index in [0.717, 1.165) is 110 Å². The fourth-order valence-electron chi connectivity index (χ4n) is 6.95. The Morgan fingerprint density at radius 3 is 1.72 bits per heavy atom. The first-order chi connectivity index (χ1) is 31.6. The minimum absolute atomic E-state index is 0.154. The second-order valence-corrected chi connectivity index (χ2v) is 16.3. The summed E-state index contributed by atoms with van der Waals surface area (Å²) in [7, 11) is 4.14. The second-order valence-electron chi connectivity index (χ2n) is 16.3. The predicted molar refractivity (Wildman–Crippen MR) is 249 cm³/mol. The third-order valence-electron chi connectivity index (χ3n) is 11.0. The molecule has 0 bridgehead atoms. The third-order valence-corrected chi connectivity index (χ3v) is 11.0. The highest BCUT2D eigenvalue weighted by atomic mass is 16.5. The number of rotatable bonds is 25. The van der Waals surface area contributed by atoms with E-state index in [1.807, 2.05) is 22.2 Å². The minimum Gasteiger partial charge on any atom is -0.494 e. The van der Waals surface area contributed by atoms with Gasteiger partial charge in [0, 0.05) is 83.1 Å². The Morgan fingerprint density at radius 2 is 1.20 bits per heavy atom. The molecule has 1 atom stereocenters. The van der Waals surface area contributed by atoms with E-state index in [-0.39, 0.29) is 23.6 Å². The number of carbonyl (C=O) groups excluding carboxylic acids is 4. The van der Waals surface area contributed by atoms with E-state index in [1.165, 1.54) is 6.92 Å². The average Bonchev–Trinajstić information content (AvgIpc) is 3.31. The Morgan fingerprint density at radius 1 is 0.677 bits per heavy atom. The van der Waals surface area contributed by atoms with Crippen molar-refractivity contribution in [2.75, 3.05) is 92.9 Å². The first-order valence-electron chi connectivity index (χ1n) is 22.8. The lowest BCUT2D eigenvalue weighted by Gasteiger charge is -2.30. The molecule has 2 fully saturated rings. The Balaban J connectivity index is 1.27. The van der Waals surface area contributed by atoms with Crippen molar-refractivity contribution >= 4 is 36.3 Å². The van der Waals surface area contributed by atoms with Crippen LogP contribution in [-0.4, -0.2) is 155 Å². The van der Waals surface area contributed by atoms with Crippen molar-refractivity contribution in [1.82, 2.24) is 19.8 Å². The fraction of sp³-hybridized carbons (Fsp3) is 0.510. The lowest BCUT2D eigenvalue weighted by molar-refractivity contribution is -0.141. The van der Waals surface area contributed by atoms with Crippen molar-refractivity contribution < 1.29 is 47.6 Å². The molecule has 1 aliphatic carbocycles. The maximum atomic E-state index is 13.8. The zero-order valence-corrected chi connectivity index (χ0v) is 38.3. The van der Waals surface area contributed by atoms with Gasteiger partial charge in [0.1, 0.15) is 17.2 Å². The van der Waals surface area contributed by atoms with Gasteiger partial charge in [-0.1, -0.05) is 25.2 Å². The van der Waals surface area contributed by atoms with Gasteiger partial charge in [-0.25, -0.2) is 14.4 Å². The van der Waals surface area contributed by atoms with Gasteiger partial charge in [0.15, 0.2) is 0 Å². The molecule has 2 aromatic rings. The summed E-state index contributed by atoms with van der Waals surface area (Å²) < 4.78 is 34.1. The molecule has 2 aromatic carbocycles. The SMILES string of the molecule is C=CC(=O)OCCCCCCOc1ccc(C(=O)Oc2cc(/C=N/N3CCN(C)CC3)c(OC(=O)C3=CCC(OCCCCCCOC(C)=O)C=C3)cc2/C=N/N2CCN(C)CC2)cc1. The van der Waals surface area contributed by atoms with E-state index in [0.29, 0.717) is 60.9 Å². The molecule has 2 aliphatic heterocycles. The first-order valence-corrected chi connectivity index (χ1v) is 22.8. The Kier molecular flexibility index (Phi) is 21.2. The van der Waals surface area contributed by atoms with Crippen LogP contribution in [0.4, 0.5) is 0 Å². The molecule has 3 aliphatic rings. The quantitative estimate of drug-likeness (QED) is 0.0373. The molecular formula is C49H66N6O10. The van der Waals surface area contributed by atoms with E-state index >= 15 is 0 Å². The molecule has 16 heteroatoms. The normalized spacial score (nSPS) is 17.0. The van der Waals surface area contributed by atoms with Crippen molar-refractivity contribution in [3.63, 3.8) is 0 Å². The molecule has 5 rings (SSSR count). The Labute approximate surface area is 383 Å². The molecule has 352 valence electrons. The summed E-state index contributed by atoms with van der Waals surface area (Å²) in [6.45, 7) is 13.0. The van der Waals surface area contributed by atoms with Crippen LogP contribution < -0.4 is 14.2 Å². The summed E-state index contributed by atoms with van der Waals surface area (Å²) in [5, 5.41) is 13.4. The first kappa shape index (κ1) is 50.2. The zero-order valence-electron chi connectivity index (χ0n) is 38.3. The van der Waals surface area contributed by atoms with Crippen LogP contribution in [0.2, 0.25) is 0 Å². The van der Waals surface area contributed by atoms with E-state index in [9.17, 15) is 19.2 Å². The molecule has 0 amide bonds. The van der Waals surface area contributed by atoms with Crippen molar-refractivity contribution in [1.29, 1.82) is 0 Å². The van der Waals surface area contributed by atoms with Crippen molar-refractivity contribution in [2.24, 2.45) is 10.2 Å². The number of nitrogens with zero attached hydrogens (tertiary/aromatic N) is 6. The summed E-state index contributed by atoms with van der Waals surface area (Å²) in [6, 6.07) is 10.1. The van der Waals surface area contributed by atoms with Crippen LogP contribution in [0, 0.1) is 0 Å². The van der Waals surface area contributed by atoms with Gasteiger partial charge in [0.2, 0.25) is 0 Å². The molecule has 0 saturated carbocycles. The van der Waals surface area contributed by atoms with E-state index in [2.05, 4.69) is 30.5 Å². The molecule has 2 heterocycles. The van der Waals surface area contributed by atoms with Gasteiger partial charge in [0.25, 0.3) is 0 Å². The molecule has 2 saturated heterocycles. The molecule has 16 nitrogen and oxygen atoms in total. The van der Waals surface area contributed by atoms with E-state index < -0.39 is 17.9 Å². The number of piperazine rings is 2. The molecular weight excluding hydrogens is 833 g/mol. The summed E-state index contributed by atoms with van der Waals surface area (Å²) in [6.07, 6.45) is 17.3. The van der Waals surface area contributed by atoms with Gasteiger partial charge >= 0.3 is 23.9 Å². The van der Waals surface area contributed by atoms with Gasteiger partial charge in [-0.3, -0.25) is 14.8 Å². The molecule has 65 heavy (non-hydrogen) atoms. The highest BCUT2D eigenvalue weighted by Crippen LogP contribution is 2.30. The highest BCUT2D eigenvalue weighted by molar-refractivity contribution is 5.98. The van der Waals surface area contributed by atoms with Crippen LogP contribution in [0.15, 0.2) is 83.1 Å². The lowest BCUT2D eigenvalue weighted by atomic mass is 10.0. The lowest BCUT2D eigenvalue weighted by Crippen LogP contribution is -2.41. The van der Waals surface area contributed by atoms with Crippen LogP contribution in [0.25, 0.3) is 0 Å². The van der Waals surface area contributed by atoms with E-state index in [4.69, 9.17) is 38.6 Å². The van der Waals surface area contributed by atoms with Gasteiger partial charge in [-0.15, -0.1) is 0 Å². The van der Waals surface area contributed by atoms with Crippen molar-refractivity contribution in [2.45, 2.75) is 70.8 Å². The average molecular weight is 899 g/mol. The Hall–Kier alpha value is -5.84. The maximum Gasteiger partial charge on any atom is 0.343 e. The van der Waals surface area contributed by atoms with Crippen molar-refractivity contribution in [3.05, 3.63) is 89.5 Å². The largest absolute Gasteiger partial charge is 0.494 e. The standard InChI is InChI=1S/C49H66N6O10/c1-5-47(57)63-33-13-9-8-12-32-62-44-20-16-40(17-21-44)49(59)65-46-35-41(36-50-54-26-22-52(3)23-27-54)45(34-42(46)37-51-55-28-24-53(4)25-29-55)64-48(58)39-14-18-43(19-15-39)61-31-11-7-6-10-30-60-38(2)56/h5,14-18,20-21,34-37,43H,1,6-13,19,22-33H2,2-4H3/b50-36+,51-37+. The monoisotopic (exact) mass is 898 g/mol. The summed E-state index contributed by atoms with van der Waals surface area (Å²) >= 11 is 0. The molecule has 0 N–H and O–H groups in total. The zero-order chi connectivity index (χ0) is 46.2. The maximum absolute atomic E-state index is 13.8. The highest BCUT2D eigenvalue weighted by Gasteiger charge is 2.22. The number of benzene rings is 2. The predicted octanol–water partition coefficient (Wildman–Crippen LogP) is 6.04. The number of esters is 4. The van der Waals surface area contributed by atoms with Crippen LogP contribution in [-0.2, 0) is 28.6 Å². The Bertz CT molecular complexity index is 1980. The van der Waals surface area contributed by atoms with Crippen LogP contribution in [0.5, 0.6) is 17.2 Å². The van der Waals surface area contributed by atoms with Crippen molar-refractivity contribution in [3.8, 4) is 17.2 Å². The number of hydrazone groups is 2. The van der Waals surface area contributed by atoms with E-state index in [1.54, 1.807) is 54.9 Å². The number of carbonyl (C=O) groups is 4. The second kappa shape index (κ2) is 27.5. The molecule has 0 spiro atoms. The summed E-state index contributed by atoms with van der Waals surface area (Å²) in [4.78, 5) is 54.1. The number of ether oxygens (including phenoxy) is 6. The topological polar surface area (TPSA) is 161 Å². The minimum atomic E-state index is -0.580. The van der Waals surface area contributed by atoms with Crippen LogP contribution >= 0.6 is 0 Å². The summed E-state index contributed by atoms with van der Waals surface area (Å²) in [5.74, 6) is -0.691. The van der Waals surface area contributed by atoms with Crippen LogP contribution in [0.1, 0.15) is 86.2 Å². The van der Waals surface area contributed by atoms with Gasteiger partial charge in [-0.2, -0.15) is 10.2 Å². The number of hydrogen-bond donors (Lipinski definition) is 0. The number of hydrogen-bond acceptors (Lipinski definition) is 16. The van der Waals surface area contributed by atoms with Gasteiger partial charge < -0.3 is 38.2 Å². The number of unbranched alkanes of at least 4 members (excludes halogenated alkanes) is 6. The molecule has 1 unspecified atom stereocenters. The number of likely N-dealkylation sites (N-methyl/N-ethyl adjacent to an activating group) is 2.